The van der Waals surface area contributed by atoms with E-state index < -0.39 is 0 Å². The number of aldehydes is 1. The van der Waals surface area contributed by atoms with Gasteiger partial charge in [-0.3, -0.25) is 19.4 Å². The van der Waals surface area contributed by atoms with Crippen molar-refractivity contribution in [3.05, 3.63) is 66.0 Å². The highest BCUT2D eigenvalue weighted by Crippen LogP contribution is 2.18. The Labute approximate surface area is 120 Å². The molecule has 0 unspecified atom stereocenters. The summed E-state index contributed by atoms with van der Waals surface area (Å²) >= 11 is 0. The number of halogens is 1. The van der Waals surface area contributed by atoms with E-state index in [1.54, 1.807) is 41.6 Å². The van der Waals surface area contributed by atoms with Crippen molar-refractivity contribution in [2.24, 2.45) is 0 Å². The third-order valence-electron chi connectivity index (χ3n) is 2.98. The van der Waals surface area contributed by atoms with E-state index in [2.05, 4.69) is 15.1 Å². The van der Waals surface area contributed by atoms with Crippen molar-refractivity contribution < 1.29 is 9.18 Å². The van der Waals surface area contributed by atoms with Crippen molar-refractivity contribution in [3.63, 3.8) is 0 Å². The van der Waals surface area contributed by atoms with Crippen LogP contribution in [0.25, 0.3) is 11.4 Å². The van der Waals surface area contributed by atoms with Gasteiger partial charge in [-0.15, -0.1) is 0 Å². The normalized spacial score (nSPS) is 10.5. The number of carbonyl (C=O) groups is 1. The topological polar surface area (TPSA) is 60.7 Å². The van der Waals surface area contributed by atoms with Crippen molar-refractivity contribution >= 4 is 6.29 Å². The molecule has 0 N–H and O–H groups in total. The molecule has 0 aliphatic rings. The third kappa shape index (κ3) is 2.84. The second kappa shape index (κ2) is 5.62. The molecule has 0 radical (unpaired) electrons. The van der Waals surface area contributed by atoms with Crippen LogP contribution in [0.1, 0.15) is 15.9 Å². The van der Waals surface area contributed by atoms with Gasteiger partial charge in [0.1, 0.15) is 17.2 Å². The summed E-state index contributed by atoms with van der Waals surface area (Å²) in [7, 11) is 0. The van der Waals surface area contributed by atoms with Gasteiger partial charge >= 0.3 is 0 Å². The smallest absolute Gasteiger partial charge is 0.153 e. The van der Waals surface area contributed by atoms with E-state index >= 15 is 0 Å². The Bertz CT molecular complexity index is 753. The first-order valence-corrected chi connectivity index (χ1v) is 6.30. The highest BCUT2D eigenvalue weighted by Gasteiger charge is 2.12. The number of hydrogen-bond acceptors (Lipinski definition) is 4. The van der Waals surface area contributed by atoms with Gasteiger partial charge in [-0.05, 0) is 17.7 Å². The summed E-state index contributed by atoms with van der Waals surface area (Å²) < 4.78 is 14.5. The molecule has 3 aromatic rings. The maximum atomic E-state index is 12.9. The van der Waals surface area contributed by atoms with Crippen molar-refractivity contribution in [1.29, 1.82) is 0 Å². The zero-order valence-electron chi connectivity index (χ0n) is 11.0. The zero-order valence-corrected chi connectivity index (χ0v) is 11.0. The molecule has 0 saturated heterocycles. The van der Waals surface area contributed by atoms with E-state index in [4.69, 9.17) is 0 Å². The molecule has 0 atom stereocenters. The van der Waals surface area contributed by atoms with Crippen LogP contribution in [0.3, 0.4) is 0 Å². The van der Waals surface area contributed by atoms with Crippen LogP contribution in [0.2, 0.25) is 0 Å². The molecule has 0 aliphatic carbocycles. The summed E-state index contributed by atoms with van der Waals surface area (Å²) in [5, 5.41) is 4.36. The van der Waals surface area contributed by atoms with E-state index in [0.717, 1.165) is 11.8 Å². The highest BCUT2D eigenvalue weighted by atomic mass is 19.1. The fourth-order valence-electron chi connectivity index (χ4n) is 2.00. The van der Waals surface area contributed by atoms with Gasteiger partial charge in [-0.1, -0.05) is 12.1 Å². The summed E-state index contributed by atoms with van der Waals surface area (Å²) in [4.78, 5) is 19.3. The summed E-state index contributed by atoms with van der Waals surface area (Å²) in [5.74, 6) is -0.284. The molecule has 0 amide bonds. The van der Waals surface area contributed by atoms with E-state index in [0.29, 0.717) is 23.5 Å². The highest BCUT2D eigenvalue weighted by molar-refractivity contribution is 5.84. The van der Waals surface area contributed by atoms with Gasteiger partial charge in [-0.25, -0.2) is 4.39 Å². The minimum atomic E-state index is -0.284. The summed E-state index contributed by atoms with van der Waals surface area (Å²) in [5.41, 5.74) is 2.36. The average molecular weight is 282 g/mol. The van der Waals surface area contributed by atoms with Crippen LogP contribution in [-0.2, 0) is 6.54 Å². The SMILES string of the molecule is O=Cc1cn(Cc2ccc(F)cc2)nc1-c1cnccn1. The molecular weight excluding hydrogens is 271 g/mol. The van der Waals surface area contributed by atoms with E-state index in [1.165, 1.54) is 12.1 Å². The molecule has 6 heteroatoms. The first kappa shape index (κ1) is 13.1. The lowest BCUT2D eigenvalue weighted by molar-refractivity contribution is 0.112. The van der Waals surface area contributed by atoms with Crippen LogP contribution < -0.4 is 0 Å². The van der Waals surface area contributed by atoms with Gasteiger partial charge in [0.25, 0.3) is 0 Å². The molecule has 0 bridgehead atoms. The first-order chi connectivity index (χ1) is 10.3. The predicted molar refractivity (Wildman–Crippen MR) is 74.1 cm³/mol. The van der Waals surface area contributed by atoms with Crippen molar-refractivity contribution in [3.8, 4) is 11.4 Å². The molecule has 5 nitrogen and oxygen atoms in total. The van der Waals surface area contributed by atoms with E-state index in [9.17, 15) is 9.18 Å². The molecule has 2 aromatic heterocycles. The zero-order chi connectivity index (χ0) is 14.7. The molecule has 2 heterocycles. The van der Waals surface area contributed by atoms with Crippen LogP contribution in [0.5, 0.6) is 0 Å². The fraction of sp³-hybridized carbons (Fsp3) is 0.0667. The lowest BCUT2D eigenvalue weighted by Crippen LogP contribution is -2.00. The number of aromatic nitrogens is 4. The van der Waals surface area contributed by atoms with Crippen molar-refractivity contribution in [2.45, 2.75) is 6.54 Å². The molecule has 0 saturated carbocycles. The summed E-state index contributed by atoms with van der Waals surface area (Å²) in [6, 6.07) is 6.14. The molecule has 0 aliphatic heterocycles. The molecular formula is C15H11FN4O. The van der Waals surface area contributed by atoms with Gasteiger partial charge < -0.3 is 0 Å². The minimum Gasteiger partial charge on any atom is -0.298 e. The lowest BCUT2D eigenvalue weighted by atomic mass is 10.2. The van der Waals surface area contributed by atoms with Crippen molar-refractivity contribution in [2.75, 3.05) is 0 Å². The quantitative estimate of drug-likeness (QED) is 0.689. The van der Waals surface area contributed by atoms with Crippen LogP contribution in [0.15, 0.2) is 49.1 Å². The maximum Gasteiger partial charge on any atom is 0.153 e. The first-order valence-electron chi connectivity index (χ1n) is 6.30. The van der Waals surface area contributed by atoms with Crippen LogP contribution in [0.4, 0.5) is 4.39 Å². The van der Waals surface area contributed by atoms with Crippen LogP contribution in [-0.4, -0.2) is 26.0 Å². The maximum absolute atomic E-state index is 12.9. The second-order valence-corrected chi connectivity index (χ2v) is 4.47. The Morgan fingerprint density at radius 1 is 1.19 bits per heavy atom. The van der Waals surface area contributed by atoms with Crippen LogP contribution >= 0.6 is 0 Å². The standard InChI is InChI=1S/C15H11FN4O/c16-13-3-1-11(2-4-13)8-20-9-12(10-21)15(19-20)14-7-17-5-6-18-14/h1-7,9-10H,8H2. The Hall–Kier alpha value is -2.89. The number of benzene rings is 1. The van der Waals surface area contributed by atoms with Gasteiger partial charge in [0.2, 0.25) is 0 Å². The summed E-state index contributed by atoms with van der Waals surface area (Å²) in [6.45, 7) is 0.446. The monoisotopic (exact) mass is 282 g/mol. The lowest BCUT2D eigenvalue weighted by Gasteiger charge is -2.01. The van der Waals surface area contributed by atoms with Gasteiger partial charge in [-0.2, -0.15) is 5.10 Å². The Morgan fingerprint density at radius 3 is 2.67 bits per heavy atom. The average Bonchev–Trinajstić information content (AvgIpc) is 2.93. The summed E-state index contributed by atoms with van der Waals surface area (Å²) in [6.07, 6.45) is 7.03. The predicted octanol–water partition coefficient (Wildman–Crippen LogP) is 2.34. The third-order valence-corrected chi connectivity index (χ3v) is 2.98. The van der Waals surface area contributed by atoms with Crippen LogP contribution in [0, 0.1) is 5.82 Å². The molecule has 0 fully saturated rings. The second-order valence-electron chi connectivity index (χ2n) is 4.47. The molecule has 0 spiro atoms. The minimum absolute atomic E-state index is 0.284. The van der Waals surface area contributed by atoms with E-state index in [1.807, 2.05) is 0 Å². The molecule has 3 rings (SSSR count). The largest absolute Gasteiger partial charge is 0.298 e. The number of nitrogens with zero attached hydrogens (tertiary/aromatic N) is 4. The van der Waals surface area contributed by atoms with Crippen molar-refractivity contribution in [1.82, 2.24) is 19.7 Å². The molecule has 104 valence electrons. The Morgan fingerprint density at radius 2 is 2.00 bits per heavy atom. The Kier molecular flexibility index (Phi) is 3.51. The molecule has 1 aromatic carbocycles. The molecule has 21 heavy (non-hydrogen) atoms. The van der Waals surface area contributed by atoms with Gasteiger partial charge in [0, 0.05) is 18.6 Å². The number of hydrogen-bond donors (Lipinski definition) is 0. The van der Waals surface area contributed by atoms with E-state index in [-0.39, 0.29) is 5.82 Å². The Balaban J connectivity index is 1.92. The van der Waals surface area contributed by atoms with Gasteiger partial charge in [0.05, 0.1) is 18.3 Å². The number of rotatable bonds is 4. The van der Waals surface area contributed by atoms with Gasteiger partial charge in [0.15, 0.2) is 6.29 Å². The fourth-order valence-corrected chi connectivity index (χ4v) is 2.00. The number of carbonyl (C=O) groups excluding carboxylic acids is 1.